The van der Waals surface area contributed by atoms with Gasteiger partial charge < -0.3 is 15.0 Å². The molecule has 1 rings (SSSR count). The largest absolute Gasteiger partial charge is 0.493 e. The van der Waals surface area contributed by atoms with E-state index < -0.39 is 0 Å². The second kappa shape index (κ2) is 8.98. The van der Waals surface area contributed by atoms with Crippen molar-refractivity contribution in [2.45, 2.75) is 33.7 Å². The Kier molecular flexibility index (Phi) is 7.63. The first-order chi connectivity index (χ1) is 9.52. The molecule has 0 spiro atoms. The first kappa shape index (κ1) is 17.0. The van der Waals surface area contributed by atoms with Crippen LogP contribution in [0.1, 0.15) is 39.3 Å². The minimum atomic E-state index is 0.374. The third-order valence-electron chi connectivity index (χ3n) is 3.45. The highest BCUT2D eigenvalue weighted by atomic mass is 16.5. The molecule has 1 N–H and O–H groups in total. The van der Waals surface area contributed by atoms with E-state index in [1.165, 1.54) is 5.56 Å². The Morgan fingerprint density at radius 2 is 1.80 bits per heavy atom. The first-order valence-corrected chi connectivity index (χ1v) is 7.67. The molecular formula is C17H30N2O. The minimum absolute atomic E-state index is 0.374. The van der Waals surface area contributed by atoms with Gasteiger partial charge in [-0.1, -0.05) is 32.9 Å². The van der Waals surface area contributed by atoms with Crippen molar-refractivity contribution >= 4 is 0 Å². The number of likely N-dealkylation sites (N-methyl/N-ethyl adjacent to an activating group) is 1. The predicted octanol–water partition coefficient (Wildman–Crippen LogP) is 3.32. The zero-order chi connectivity index (χ0) is 15.0. The highest BCUT2D eigenvalue weighted by molar-refractivity contribution is 5.28. The normalized spacial score (nSPS) is 12.9. The van der Waals surface area contributed by atoms with Gasteiger partial charge in [0, 0.05) is 19.1 Å². The zero-order valence-electron chi connectivity index (χ0n) is 13.6. The van der Waals surface area contributed by atoms with E-state index in [1.54, 1.807) is 0 Å². The van der Waals surface area contributed by atoms with Crippen LogP contribution in [0.3, 0.4) is 0 Å². The number of ether oxygens (including phenoxy) is 1. The zero-order valence-corrected chi connectivity index (χ0v) is 13.6. The molecule has 0 fully saturated rings. The quantitative estimate of drug-likeness (QED) is 0.750. The maximum atomic E-state index is 5.70. The number of nitrogens with zero attached hydrogens (tertiary/aromatic N) is 1. The summed E-state index contributed by atoms with van der Waals surface area (Å²) in [6.45, 7) is 12.7. The van der Waals surface area contributed by atoms with Crippen LogP contribution < -0.4 is 10.1 Å². The first-order valence-electron chi connectivity index (χ1n) is 7.67. The van der Waals surface area contributed by atoms with Gasteiger partial charge in [0.05, 0.1) is 6.61 Å². The highest BCUT2D eigenvalue weighted by Crippen LogP contribution is 2.18. The van der Waals surface area contributed by atoms with E-state index in [1.807, 2.05) is 0 Å². The molecule has 0 saturated heterocycles. The molecule has 0 bridgehead atoms. The van der Waals surface area contributed by atoms with Gasteiger partial charge in [0.15, 0.2) is 0 Å². The Morgan fingerprint density at radius 3 is 2.35 bits per heavy atom. The molecule has 0 aliphatic heterocycles. The van der Waals surface area contributed by atoms with Crippen molar-refractivity contribution in [2.24, 2.45) is 5.92 Å². The van der Waals surface area contributed by atoms with Crippen LogP contribution in [0.4, 0.5) is 0 Å². The molecule has 20 heavy (non-hydrogen) atoms. The van der Waals surface area contributed by atoms with Gasteiger partial charge in [-0.05, 0) is 44.1 Å². The number of benzene rings is 1. The van der Waals surface area contributed by atoms with Crippen molar-refractivity contribution in [2.75, 3.05) is 33.3 Å². The average molecular weight is 278 g/mol. The summed E-state index contributed by atoms with van der Waals surface area (Å²) in [6.07, 6.45) is 0. The van der Waals surface area contributed by atoms with Crippen LogP contribution in [-0.2, 0) is 0 Å². The summed E-state index contributed by atoms with van der Waals surface area (Å²) in [4.78, 5) is 2.31. The van der Waals surface area contributed by atoms with Gasteiger partial charge in [0.25, 0.3) is 0 Å². The molecular weight excluding hydrogens is 248 g/mol. The molecule has 114 valence electrons. The topological polar surface area (TPSA) is 24.5 Å². The molecule has 0 aliphatic rings. The van der Waals surface area contributed by atoms with Crippen molar-refractivity contribution in [1.82, 2.24) is 10.2 Å². The summed E-state index contributed by atoms with van der Waals surface area (Å²) in [5.41, 5.74) is 1.31. The Hall–Kier alpha value is -1.06. The lowest BCUT2D eigenvalue weighted by atomic mass is 10.1. The van der Waals surface area contributed by atoms with E-state index in [-0.39, 0.29) is 0 Å². The summed E-state index contributed by atoms with van der Waals surface area (Å²) in [5.74, 6) is 1.52. The lowest BCUT2D eigenvalue weighted by molar-refractivity contribution is 0.271. The lowest BCUT2D eigenvalue weighted by Gasteiger charge is -2.18. The Labute approximate surface area is 124 Å². The molecule has 1 atom stereocenters. The molecule has 0 heterocycles. The van der Waals surface area contributed by atoms with Crippen LogP contribution in [0.25, 0.3) is 0 Å². The van der Waals surface area contributed by atoms with E-state index in [9.17, 15) is 0 Å². The van der Waals surface area contributed by atoms with Crippen LogP contribution in [0.15, 0.2) is 24.3 Å². The third-order valence-corrected chi connectivity index (χ3v) is 3.45. The van der Waals surface area contributed by atoms with Crippen molar-refractivity contribution in [1.29, 1.82) is 0 Å². The smallest absolute Gasteiger partial charge is 0.119 e. The number of rotatable bonds is 9. The molecule has 1 aromatic rings. The van der Waals surface area contributed by atoms with Gasteiger partial charge in [0.2, 0.25) is 0 Å². The summed E-state index contributed by atoms with van der Waals surface area (Å²) < 4.78 is 5.70. The Bertz CT molecular complexity index is 362. The predicted molar refractivity (Wildman–Crippen MR) is 86.4 cm³/mol. The molecule has 0 saturated carbocycles. The second-order valence-corrected chi connectivity index (χ2v) is 5.85. The lowest BCUT2D eigenvalue weighted by Crippen LogP contribution is -2.30. The van der Waals surface area contributed by atoms with Gasteiger partial charge in [-0.3, -0.25) is 0 Å². The standard InChI is InChI=1S/C17H30N2O/c1-6-19(5)12-11-18-15(4)16-7-9-17(10-8-16)20-13-14(2)3/h7-10,14-15,18H,6,11-13H2,1-5H3. The fourth-order valence-electron chi connectivity index (χ4n) is 1.86. The summed E-state index contributed by atoms with van der Waals surface area (Å²) in [5, 5.41) is 3.55. The molecule has 0 aliphatic carbocycles. The maximum Gasteiger partial charge on any atom is 0.119 e. The molecule has 3 heteroatoms. The van der Waals surface area contributed by atoms with E-state index >= 15 is 0 Å². The maximum absolute atomic E-state index is 5.70. The van der Waals surface area contributed by atoms with Crippen molar-refractivity contribution < 1.29 is 4.74 Å². The Balaban J connectivity index is 2.38. The van der Waals surface area contributed by atoms with Crippen LogP contribution in [0.2, 0.25) is 0 Å². The van der Waals surface area contributed by atoms with Crippen molar-refractivity contribution in [3.05, 3.63) is 29.8 Å². The van der Waals surface area contributed by atoms with E-state index in [0.29, 0.717) is 12.0 Å². The number of hydrogen-bond donors (Lipinski definition) is 1. The van der Waals surface area contributed by atoms with E-state index in [2.05, 4.69) is 69.2 Å². The van der Waals surface area contributed by atoms with Gasteiger partial charge in [-0.25, -0.2) is 0 Å². The monoisotopic (exact) mass is 278 g/mol. The van der Waals surface area contributed by atoms with Gasteiger partial charge in [0.1, 0.15) is 5.75 Å². The molecule has 3 nitrogen and oxygen atoms in total. The van der Waals surface area contributed by atoms with Crippen LogP contribution in [0, 0.1) is 5.92 Å². The van der Waals surface area contributed by atoms with Crippen molar-refractivity contribution in [3.63, 3.8) is 0 Å². The summed E-state index contributed by atoms with van der Waals surface area (Å²) in [6, 6.07) is 8.80. The van der Waals surface area contributed by atoms with Crippen LogP contribution in [0.5, 0.6) is 5.75 Å². The van der Waals surface area contributed by atoms with Gasteiger partial charge in [-0.2, -0.15) is 0 Å². The fourth-order valence-corrected chi connectivity index (χ4v) is 1.86. The number of nitrogens with one attached hydrogen (secondary N) is 1. The molecule has 0 radical (unpaired) electrons. The van der Waals surface area contributed by atoms with Crippen LogP contribution >= 0.6 is 0 Å². The molecule has 0 aromatic heterocycles. The minimum Gasteiger partial charge on any atom is -0.493 e. The van der Waals surface area contributed by atoms with Gasteiger partial charge >= 0.3 is 0 Å². The van der Waals surface area contributed by atoms with Crippen LogP contribution in [-0.4, -0.2) is 38.2 Å². The summed E-state index contributed by atoms with van der Waals surface area (Å²) in [7, 11) is 2.15. The Morgan fingerprint density at radius 1 is 1.15 bits per heavy atom. The SMILES string of the molecule is CCN(C)CCNC(C)c1ccc(OCC(C)C)cc1. The third kappa shape index (κ3) is 6.40. The number of hydrogen-bond acceptors (Lipinski definition) is 3. The highest BCUT2D eigenvalue weighted by Gasteiger charge is 2.05. The molecule has 1 aromatic carbocycles. The van der Waals surface area contributed by atoms with E-state index in [4.69, 9.17) is 4.74 Å². The molecule has 0 amide bonds. The summed E-state index contributed by atoms with van der Waals surface area (Å²) >= 11 is 0. The molecule has 1 unspecified atom stereocenters. The van der Waals surface area contributed by atoms with E-state index in [0.717, 1.165) is 32.0 Å². The average Bonchev–Trinajstić information content (AvgIpc) is 2.45. The van der Waals surface area contributed by atoms with Crippen molar-refractivity contribution in [3.8, 4) is 5.75 Å². The van der Waals surface area contributed by atoms with Gasteiger partial charge in [-0.15, -0.1) is 0 Å². The fraction of sp³-hybridized carbons (Fsp3) is 0.647. The second-order valence-electron chi connectivity index (χ2n) is 5.85.